The summed E-state index contributed by atoms with van der Waals surface area (Å²) in [7, 11) is 0. The van der Waals surface area contributed by atoms with Gasteiger partial charge >= 0.3 is 0 Å². The van der Waals surface area contributed by atoms with Gasteiger partial charge in [0, 0.05) is 17.4 Å². The van der Waals surface area contributed by atoms with E-state index in [9.17, 15) is 9.59 Å². The molecule has 4 bridgehead atoms. The van der Waals surface area contributed by atoms with Crippen molar-refractivity contribution in [1.29, 1.82) is 0 Å². The maximum absolute atomic E-state index is 13.5. The van der Waals surface area contributed by atoms with E-state index in [4.69, 9.17) is 5.21 Å². The lowest BCUT2D eigenvalue weighted by Crippen LogP contribution is -2.50. The smallest absolute Gasteiger partial charge is 0.274 e. The number of hydroxylamine groups is 1. The molecule has 1 atom stereocenters. The van der Waals surface area contributed by atoms with E-state index in [0.717, 1.165) is 37.0 Å². The molecule has 0 spiro atoms. The minimum Gasteiger partial charge on any atom is -0.299 e. The molecule has 0 heterocycles. The van der Waals surface area contributed by atoms with Gasteiger partial charge in [0.1, 0.15) is 5.78 Å². The van der Waals surface area contributed by atoms with E-state index in [1.807, 2.05) is 12.1 Å². The Morgan fingerprint density at radius 1 is 1.00 bits per heavy atom. The van der Waals surface area contributed by atoms with Crippen molar-refractivity contribution in [1.82, 2.24) is 5.48 Å². The number of rotatable bonds is 6. The van der Waals surface area contributed by atoms with Gasteiger partial charge in [0.2, 0.25) is 0 Å². The number of carbonyl (C=O) groups is 2. The second-order valence-corrected chi connectivity index (χ2v) is 9.83. The van der Waals surface area contributed by atoms with Crippen molar-refractivity contribution in [2.45, 2.75) is 63.7 Å². The van der Waals surface area contributed by atoms with Gasteiger partial charge in [-0.2, -0.15) is 0 Å². The summed E-state index contributed by atoms with van der Waals surface area (Å²) >= 11 is 0. The second kappa shape index (κ2) is 6.44. The van der Waals surface area contributed by atoms with Gasteiger partial charge in [-0.05, 0) is 98.7 Å². The minimum atomic E-state index is -0.492. The van der Waals surface area contributed by atoms with Crippen LogP contribution in [-0.4, -0.2) is 16.9 Å². The summed E-state index contributed by atoms with van der Waals surface area (Å²) in [6.07, 6.45) is 10.6. The zero-order valence-electron chi connectivity index (χ0n) is 15.8. The molecule has 5 fully saturated rings. The molecule has 4 nitrogen and oxygen atoms in total. The lowest BCUT2D eigenvalue weighted by atomic mass is 9.48. The van der Waals surface area contributed by atoms with Crippen LogP contribution in [0.15, 0.2) is 24.3 Å². The highest BCUT2D eigenvalue weighted by Crippen LogP contribution is 2.61. The van der Waals surface area contributed by atoms with Gasteiger partial charge in [0.15, 0.2) is 0 Å². The number of amides is 1. The van der Waals surface area contributed by atoms with Crippen LogP contribution < -0.4 is 5.48 Å². The molecule has 0 aliphatic heterocycles. The first-order valence-corrected chi connectivity index (χ1v) is 10.6. The first-order valence-electron chi connectivity index (χ1n) is 10.6. The first-order chi connectivity index (χ1) is 13.1. The molecule has 144 valence electrons. The molecule has 6 rings (SSSR count). The summed E-state index contributed by atoms with van der Waals surface area (Å²) in [5.41, 5.74) is 3.28. The van der Waals surface area contributed by atoms with Crippen LogP contribution >= 0.6 is 0 Å². The van der Waals surface area contributed by atoms with E-state index >= 15 is 0 Å². The van der Waals surface area contributed by atoms with Crippen LogP contribution in [0.3, 0.4) is 0 Å². The predicted octanol–water partition coefficient (Wildman–Crippen LogP) is 4.47. The van der Waals surface area contributed by atoms with Crippen molar-refractivity contribution >= 4 is 11.7 Å². The summed E-state index contributed by atoms with van der Waals surface area (Å²) in [5.74, 6) is 3.34. The van der Waals surface area contributed by atoms with E-state index in [2.05, 4.69) is 0 Å². The Morgan fingerprint density at radius 2 is 1.56 bits per heavy atom. The molecule has 5 aliphatic carbocycles. The van der Waals surface area contributed by atoms with E-state index in [1.165, 1.54) is 37.7 Å². The maximum Gasteiger partial charge on any atom is 0.274 e. The van der Waals surface area contributed by atoms with Gasteiger partial charge in [-0.15, -0.1) is 0 Å². The molecule has 0 saturated heterocycles. The molecule has 0 aromatic heterocycles. The lowest BCUT2D eigenvalue weighted by molar-refractivity contribution is -0.144. The summed E-state index contributed by atoms with van der Waals surface area (Å²) in [6, 6.07) is 7.46. The fraction of sp³-hybridized carbons (Fsp3) is 0.652. The zero-order chi connectivity index (χ0) is 18.6. The third-order valence-electron chi connectivity index (χ3n) is 7.93. The fourth-order valence-electron chi connectivity index (χ4n) is 6.87. The van der Waals surface area contributed by atoms with Crippen LogP contribution in [0, 0.1) is 29.1 Å². The molecule has 4 heteroatoms. The monoisotopic (exact) mass is 367 g/mol. The van der Waals surface area contributed by atoms with Gasteiger partial charge in [0.25, 0.3) is 5.91 Å². The average Bonchev–Trinajstić information content (AvgIpc) is 3.49. The molecule has 1 aromatic rings. The van der Waals surface area contributed by atoms with Crippen LogP contribution in [-0.2, 0) is 4.79 Å². The van der Waals surface area contributed by atoms with E-state index in [-0.39, 0.29) is 11.3 Å². The number of nitrogens with one attached hydrogen (secondary N) is 1. The van der Waals surface area contributed by atoms with Gasteiger partial charge in [-0.3, -0.25) is 14.8 Å². The summed E-state index contributed by atoms with van der Waals surface area (Å²) in [5, 5.41) is 8.79. The van der Waals surface area contributed by atoms with Crippen molar-refractivity contribution in [3.05, 3.63) is 35.4 Å². The van der Waals surface area contributed by atoms with Gasteiger partial charge in [0.05, 0.1) is 0 Å². The topological polar surface area (TPSA) is 66.4 Å². The molecule has 5 saturated carbocycles. The number of carbonyl (C=O) groups excluding carboxylic acids is 2. The SMILES string of the molecule is O=C(NO)c1ccc([C@H](CC(=O)C23CC4CC(CC(C4)C2)C3)C2CC2)cc1. The van der Waals surface area contributed by atoms with Crippen LogP contribution in [0.25, 0.3) is 0 Å². The molecule has 5 aliphatic rings. The first kappa shape index (κ1) is 17.4. The van der Waals surface area contributed by atoms with E-state index in [0.29, 0.717) is 23.7 Å². The van der Waals surface area contributed by atoms with Gasteiger partial charge in [-0.1, -0.05) is 12.1 Å². The Morgan fingerprint density at radius 3 is 2.04 bits per heavy atom. The standard InChI is InChI=1S/C23H29NO3/c25-21(23-11-14-7-15(12-23)9-16(8-14)13-23)10-20(17-1-2-17)18-3-5-19(6-4-18)22(26)24-27/h3-6,14-17,20,27H,1-2,7-13H2,(H,24,26)/t14?,15?,16?,20-,23?/m1/s1. The maximum atomic E-state index is 13.5. The molecular formula is C23H29NO3. The molecule has 0 unspecified atom stereocenters. The van der Waals surface area contributed by atoms with Crippen molar-refractivity contribution < 1.29 is 14.8 Å². The number of hydrogen-bond acceptors (Lipinski definition) is 3. The van der Waals surface area contributed by atoms with Gasteiger partial charge in [-0.25, -0.2) is 5.48 Å². The van der Waals surface area contributed by atoms with E-state index < -0.39 is 5.91 Å². The second-order valence-electron chi connectivity index (χ2n) is 9.83. The molecular weight excluding hydrogens is 338 g/mol. The number of hydrogen-bond donors (Lipinski definition) is 2. The van der Waals surface area contributed by atoms with Crippen LogP contribution in [0.1, 0.15) is 79.6 Å². The number of benzene rings is 1. The largest absolute Gasteiger partial charge is 0.299 e. The zero-order valence-corrected chi connectivity index (χ0v) is 15.8. The molecule has 0 radical (unpaired) electrons. The lowest BCUT2D eigenvalue weighted by Gasteiger charge is -2.56. The predicted molar refractivity (Wildman–Crippen MR) is 101 cm³/mol. The van der Waals surface area contributed by atoms with Crippen LogP contribution in [0.5, 0.6) is 0 Å². The normalized spacial score (nSPS) is 35.1. The van der Waals surface area contributed by atoms with Crippen molar-refractivity contribution in [3.8, 4) is 0 Å². The quantitative estimate of drug-likeness (QED) is 0.576. The van der Waals surface area contributed by atoms with Crippen molar-refractivity contribution in [2.75, 3.05) is 0 Å². The van der Waals surface area contributed by atoms with Crippen molar-refractivity contribution in [3.63, 3.8) is 0 Å². The molecule has 27 heavy (non-hydrogen) atoms. The Bertz CT molecular complexity index is 714. The Labute approximate surface area is 160 Å². The Balaban J connectivity index is 1.34. The van der Waals surface area contributed by atoms with Gasteiger partial charge < -0.3 is 0 Å². The molecule has 1 amide bonds. The Hall–Kier alpha value is -1.68. The van der Waals surface area contributed by atoms with Crippen LogP contribution in [0.2, 0.25) is 0 Å². The average molecular weight is 367 g/mol. The molecule has 2 N–H and O–H groups in total. The highest BCUT2D eigenvalue weighted by molar-refractivity contribution is 5.93. The third-order valence-corrected chi connectivity index (χ3v) is 7.93. The summed E-state index contributed by atoms with van der Waals surface area (Å²) in [4.78, 5) is 25.1. The van der Waals surface area contributed by atoms with E-state index in [1.54, 1.807) is 17.6 Å². The number of Topliss-reactive ketones (excluding diaryl/α,β-unsaturated/α-hetero) is 1. The Kier molecular flexibility index (Phi) is 4.15. The highest BCUT2D eigenvalue weighted by atomic mass is 16.5. The molecule has 1 aromatic carbocycles. The summed E-state index contributed by atoms with van der Waals surface area (Å²) in [6.45, 7) is 0. The van der Waals surface area contributed by atoms with Crippen molar-refractivity contribution in [2.24, 2.45) is 29.1 Å². The fourth-order valence-corrected chi connectivity index (χ4v) is 6.87. The minimum absolute atomic E-state index is 0.0153. The van der Waals surface area contributed by atoms with Crippen LogP contribution in [0.4, 0.5) is 0 Å². The number of ketones is 1. The summed E-state index contributed by atoms with van der Waals surface area (Å²) < 4.78 is 0. The highest BCUT2D eigenvalue weighted by Gasteiger charge is 2.54. The third kappa shape index (κ3) is 3.12.